The largest absolute Gasteiger partial charge is 0.431 e. The Morgan fingerprint density at radius 3 is 2.31 bits per heavy atom. The summed E-state index contributed by atoms with van der Waals surface area (Å²) in [7, 11) is 0. The van der Waals surface area contributed by atoms with Gasteiger partial charge in [0.05, 0.1) is 24.4 Å². The monoisotopic (exact) mass is 669 g/mol. The molecule has 7 rings (SSSR count). The lowest BCUT2D eigenvalue weighted by molar-refractivity contribution is -0.268. The minimum atomic E-state index is -0.705. The number of nitrogens with one attached hydrogen (secondary N) is 1. The summed E-state index contributed by atoms with van der Waals surface area (Å²) in [5.41, 5.74) is 6.41. The average molecular weight is 670 g/mol. The van der Waals surface area contributed by atoms with E-state index in [1.807, 2.05) is 109 Å². The number of hydrogen-bond acceptors (Lipinski definition) is 8. The van der Waals surface area contributed by atoms with Gasteiger partial charge in [0, 0.05) is 46.4 Å². The number of aromatic nitrogens is 2. The topological polar surface area (TPSA) is 107 Å². The fourth-order valence-corrected chi connectivity index (χ4v) is 6.85. The number of ether oxygens (including phenoxy) is 2. The normalized spacial score (nSPS) is 19.0. The highest BCUT2D eigenvalue weighted by atomic mass is 32.2. The van der Waals surface area contributed by atoms with E-state index in [4.69, 9.17) is 18.9 Å². The van der Waals surface area contributed by atoms with Crippen molar-refractivity contribution in [3.63, 3.8) is 0 Å². The first-order chi connectivity index (χ1) is 24.1. The lowest BCUT2D eigenvalue weighted by Gasteiger charge is -2.41. The molecule has 0 saturated carbocycles. The van der Waals surface area contributed by atoms with Gasteiger partial charge in [0.1, 0.15) is 5.69 Å². The van der Waals surface area contributed by atoms with Gasteiger partial charge in [0.2, 0.25) is 0 Å². The minimum absolute atomic E-state index is 0.0317. The number of anilines is 1. The van der Waals surface area contributed by atoms with E-state index in [2.05, 4.69) is 17.2 Å². The lowest BCUT2D eigenvalue weighted by atomic mass is 9.91. The lowest BCUT2D eigenvalue weighted by Crippen LogP contribution is -2.38. The summed E-state index contributed by atoms with van der Waals surface area (Å²) >= 11 is 1.51. The molecule has 246 valence electrons. The summed E-state index contributed by atoms with van der Waals surface area (Å²) in [5.74, 6) is 0.998. The molecule has 0 aliphatic carbocycles. The summed E-state index contributed by atoms with van der Waals surface area (Å²) in [4.78, 5) is 21.9. The first kappa shape index (κ1) is 32.5. The third-order valence-corrected chi connectivity index (χ3v) is 9.44. The van der Waals surface area contributed by atoms with Crippen LogP contribution in [-0.4, -0.2) is 32.8 Å². The summed E-state index contributed by atoms with van der Waals surface area (Å²) in [6.45, 7) is 2.09. The van der Waals surface area contributed by atoms with Crippen molar-refractivity contribution in [3.05, 3.63) is 156 Å². The molecule has 2 N–H and O–H groups in total. The molecule has 1 aliphatic heterocycles. The SMILES string of the molecule is C[C@@H]1[C@H](CSc2nc(-c3ccccc3)c(-c3ccccc3)o2)O[C@H](c2cccc(NC(=O)c3cccnc3)c2)O[C@@H]1c1ccc(CO)cc1. The molecule has 0 unspecified atom stereocenters. The zero-order valence-corrected chi connectivity index (χ0v) is 27.6. The molecular formula is C40H35N3O5S. The molecule has 1 amide bonds. The quantitative estimate of drug-likeness (QED) is 0.140. The van der Waals surface area contributed by atoms with Gasteiger partial charge >= 0.3 is 0 Å². The molecule has 9 heteroatoms. The van der Waals surface area contributed by atoms with Gasteiger partial charge in [-0.15, -0.1) is 0 Å². The molecule has 1 aliphatic rings. The summed E-state index contributed by atoms with van der Waals surface area (Å²) in [6.07, 6.45) is 1.92. The smallest absolute Gasteiger partial charge is 0.257 e. The Kier molecular flexibility index (Phi) is 9.95. The molecular weight excluding hydrogens is 635 g/mol. The molecule has 2 aromatic heterocycles. The predicted molar refractivity (Wildman–Crippen MR) is 190 cm³/mol. The van der Waals surface area contributed by atoms with Crippen LogP contribution in [0.15, 0.2) is 143 Å². The van der Waals surface area contributed by atoms with Gasteiger partial charge in [0.25, 0.3) is 11.1 Å². The highest BCUT2D eigenvalue weighted by Gasteiger charge is 2.39. The highest BCUT2D eigenvalue weighted by molar-refractivity contribution is 7.99. The van der Waals surface area contributed by atoms with Crippen LogP contribution in [0.25, 0.3) is 22.6 Å². The van der Waals surface area contributed by atoms with Gasteiger partial charge in [-0.05, 0) is 35.4 Å². The van der Waals surface area contributed by atoms with Crippen LogP contribution in [0.1, 0.15) is 46.4 Å². The van der Waals surface area contributed by atoms with Crippen molar-refractivity contribution in [1.82, 2.24) is 9.97 Å². The number of benzene rings is 4. The van der Waals surface area contributed by atoms with Gasteiger partial charge in [-0.1, -0.05) is 116 Å². The molecule has 1 fully saturated rings. The molecule has 6 aromatic rings. The maximum atomic E-state index is 12.9. The van der Waals surface area contributed by atoms with Crippen molar-refractivity contribution in [3.8, 4) is 22.6 Å². The number of pyridine rings is 1. The number of amides is 1. The Bertz CT molecular complexity index is 1930. The first-order valence-electron chi connectivity index (χ1n) is 16.1. The first-order valence-corrected chi connectivity index (χ1v) is 17.1. The molecule has 0 spiro atoms. The van der Waals surface area contributed by atoms with Gasteiger partial charge in [-0.2, -0.15) is 0 Å². The Morgan fingerprint density at radius 2 is 1.59 bits per heavy atom. The van der Waals surface area contributed by atoms with Crippen LogP contribution in [0.2, 0.25) is 0 Å². The van der Waals surface area contributed by atoms with E-state index < -0.39 is 6.29 Å². The molecule has 1 saturated heterocycles. The van der Waals surface area contributed by atoms with Crippen molar-refractivity contribution in [1.29, 1.82) is 0 Å². The number of thioether (sulfide) groups is 1. The van der Waals surface area contributed by atoms with Gasteiger partial charge in [-0.3, -0.25) is 9.78 Å². The van der Waals surface area contributed by atoms with E-state index in [1.165, 1.54) is 18.0 Å². The third-order valence-electron chi connectivity index (χ3n) is 8.53. The fourth-order valence-electron chi connectivity index (χ4n) is 5.87. The van der Waals surface area contributed by atoms with E-state index in [0.717, 1.165) is 39.3 Å². The maximum Gasteiger partial charge on any atom is 0.257 e. The number of hydrogen-bond donors (Lipinski definition) is 2. The van der Waals surface area contributed by atoms with Gasteiger partial charge in [-0.25, -0.2) is 4.98 Å². The van der Waals surface area contributed by atoms with Crippen molar-refractivity contribution < 1.29 is 23.8 Å². The molecule has 4 aromatic carbocycles. The van der Waals surface area contributed by atoms with Crippen LogP contribution in [-0.2, 0) is 16.1 Å². The third kappa shape index (κ3) is 7.50. The maximum absolute atomic E-state index is 12.9. The van der Waals surface area contributed by atoms with Gasteiger partial charge < -0.3 is 24.3 Å². The zero-order valence-electron chi connectivity index (χ0n) is 26.8. The molecule has 4 atom stereocenters. The van der Waals surface area contributed by atoms with E-state index in [0.29, 0.717) is 22.2 Å². The second-order valence-electron chi connectivity index (χ2n) is 11.8. The van der Waals surface area contributed by atoms with Crippen molar-refractivity contribution in [2.45, 2.75) is 37.3 Å². The van der Waals surface area contributed by atoms with Crippen LogP contribution < -0.4 is 5.32 Å². The van der Waals surface area contributed by atoms with Crippen molar-refractivity contribution in [2.75, 3.05) is 11.1 Å². The van der Waals surface area contributed by atoms with Crippen LogP contribution >= 0.6 is 11.8 Å². The molecule has 8 nitrogen and oxygen atoms in total. The van der Waals surface area contributed by atoms with Crippen LogP contribution in [0, 0.1) is 5.92 Å². The number of carbonyl (C=O) groups is 1. The van der Waals surface area contributed by atoms with E-state index in [1.54, 1.807) is 18.3 Å². The van der Waals surface area contributed by atoms with Crippen molar-refractivity contribution in [2.24, 2.45) is 5.92 Å². The van der Waals surface area contributed by atoms with Crippen LogP contribution in [0.4, 0.5) is 5.69 Å². The molecule has 0 radical (unpaired) electrons. The summed E-state index contributed by atoms with van der Waals surface area (Å²) < 4.78 is 19.7. The number of rotatable bonds is 10. The number of aliphatic hydroxyl groups excluding tert-OH is 1. The fraction of sp³-hybridized carbons (Fsp3) is 0.175. The highest BCUT2D eigenvalue weighted by Crippen LogP contribution is 2.44. The van der Waals surface area contributed by atoms with Crippen LogP contribution in [0.5, 0.6) is 0 Å². The zero-order chi connectivity index (χ0) is 33.6. The van der Waals surface area contributed by atoms with E-state index >= 15 is 0 Å². The summed E-state index contributed by atoms with van der Waals surface area (Å²) in [6, 6.07) is 38.8. The van der Waals surface area contributed by atoms with E-state index in [-0.39, 0.29) is 30.6 Å². The molecule has 0 bridgehead atoms. The molecule has 3 heterocycles. The second-order valence-corrected chi connectivity index (χ2v) is 12.8. The average Bonchev–Trinajstić information content (AvgIpc) is 3.60. The van der Waals surface area contributed by atoms with Gasteiger partial charge in [0.15, 0.2) is 12.1 Å². The number of aliphatic hydroxyl groups is 1. The summed E-state index contributed by atoms with van der Waals surface area (Å²) in [5, 5.41) is 13.1. The Balaban J connectivity index is 1.16. The minimum Gasteiger partial charge on any atom is -0.431 e. The van der Waals surface area contributed by atoms with Crippen molar-refractivity contribution >= 4 is 23.4 Å². The second kappa shape index (κ2) is 15.0. The number of nitrogens with zero attached hydrogens (tertiary/aromatic N) is 2. The Morgan fingerprint density at radius 1 is 0.837 bits per heavy atom. The Hall–Kier alpha value is -5.06. The Labute approximate surface area is 289 Å². The number of carbonyl (C=O) groups excluding carboxylic acids is 1. The standard InChI is InChI=1S/C40H35N3O5S/c1-26-34(25-49-40-43-35(28-10-4-2-5-11-28)37(48-40)29-12-6-3-7-13-29)46-39(47-36(26)30-19-17-27(24-44)18-20-30)31-14-8-16-33(22-31)42-38(45)32-15-9-21-41-23-32/h2-23,26,34,36,39,44H,24-25H2,1H3,(H,42,45)/t26-,34+,36+,39+/m1/s1. The van der Waals surface area contributed by atoms with Crippen LogP contribution in [0.3, 0.4) is 0 Å². The number of oxazole rings is 1. The molecule has 49 heavy (non-hydrogen) atoms. The predicted octanol–water partition coefficient (Wildman–Crippen LogP) is 8.73. The van der Waals surface area contributed by atoms with E-state index in [9.17, 15) is 9.90 Å².